The zero-order valence-electron chi connectivity index (χ0n) is 11.6. The summed E-state index contributed by atoms with van der Waals surface area (Å²) in [6, 6.07) is 5.94. The van der Waals surface area contributed by atoms with E-state index in [0.29, 0.717) is 5.69 Å². The number of nitrogens with two attached hydrogens (primary N) is 1. The van der Waals surface area contributed by atoms with Crippen LogP contribution in [-0.2, 0) is 17.4 Å². The van der Waals surface area contributed by atoms with Crippen LogP contribution in [0.25, 0.3) is 0 Å². The number of alkyl halides is 3. The number of halogens is 3. The Bertz CT molecular complexity index is 727. The van der Waals surface area contributed by atoms with Crippen molar-refractivity contribution in [3.05, 3.63) is 41.5 Å². The van der Waals surface area contributed by atoms with Gasteiger partial charge in [0.2, 0.25) is 11.8 Å². The highest BCUT2D eigenvalue weighted by Gasteiger charge is 2.38. The lowest BCUT2D eigenvalue weighted by atomic mass is 10.2. The first kappa shape index (κ1) is 16.5. The van der Waals surface area contributed by atoms with Crippen LogP contribution in [-0.4, -0.2) is 22.0 Å². The van der Waals surface area contributed by atoms with Gasteiger partial charge in [-0.2, -0.15) is 18.2 Å². The molecular formula is C13H11F3N4O3. The van der Waals surface area contributed by atoms with E-state index in [-0.39, 0.29) is 24.2 Å². The molecule has 0 fully saturated rings. The first-order valence-corrected chi connectivity index (χ1v) is 6.35. The van der Waals surface area contributed by atoms with Gasteiger partial charge < -0.3 is 15.6 Å². The molecule has 0 spiro atoms. The number of nitrogens with one attached hydrogen (secondary N) is 1. The largest absolute Gasteiger partial charge is 0.471 e. The average molecular weight is 328 g/mol. The van der Waals surface area contributed by atoms with Gasteiger partial charge in [0.05, 0.1) is 0 Å². The van der Waals surface area contributed by atoms with Gasteiger partial charge >= 0.3 is 12.1 Å². The van der Waals surface area contributed by atoms with Crippen LogP contribution in [0.1, 0.15) is 28.5 Å². The zero-order chi connectivity index (χ0) is 17.0. The van der Waals surface area contributed by atoms with Crippen LogP contribution in [0.15, 0.2) is 28.8 Å². The van der Waals surface area contributed by atoms with Gasteiger partial charge in [0, 0.05) is 24.1 Å². The third kappa shape index (κ3) is 4.53. The van der Waals surface area contributed by atoms with Crippen molar-refractivity contribution in [2.24, 2.45) is 5.73 Å². The lowest BCUT2D eigenvalue weighted by Gasteiger charge is -2.05. The molecule has 0 atom stereocenters. The lowest BCUT2D eigenvalue weighted by Crippen LogP contribution is -2.15. The summed E-state index contributed by atoms with van der Waals surface area (Å²) in [5.41, 5.74) is 5.68. The molecular weight excluding hydrogens is 317 g/mol. The highest BCUT2D eigenvalue weighted by Crippen LogP contribution is 2.27. The normalized spacial score (nSPS) is 11.3. The third-order valence-electron chi connectivity index (χ3n) is 2.72. The smallest absolute Gasteiger partial charge is 0.366 e. The maximum atomic E-state index is 12.3. The number of amides is 2. The average Bonchev–Trinajstić information content (AvgIpc) is 2.94. The maximum Gasteiger partial charge on any atom is 0.471 e. The second kappa shape index (κ2) is 6.46. The van der Waals surface area contributed by atoms with E-state index >= 15 is 0 Å². The van der Waals surface area contributed by atoms with Gasteiger partial charge in [-0.3, -0.25) is 9.59 Å². The number of aryl methyl sites for hydroxylation is 1. The molecule has 0 aliphatic heterocycles. The quantitative estimate of drug-likeness (QED) is 0.869. The summed E-state index contributed by atoms with van der Waals surface area (Å²) in [5, 5.41) is 5.64. The number of primary amides is 1. The number of anilines is 1. The molecule has 0 aliphatic carbocycles. The van der Waals surface area contributed by atoms with Crippen LogP contribution < -0.4 is 11.1 Å². The van der Waals surface area contributed by atoms with Gasteiger partial charge in [-0.1, -0.05) is 11.2 Å². The van der Waals surface area contributed by atoms with Crippen LogP contribution in [0.4, 0.5) is 18.9 Å². The van der Waals surface area contributed by atoms with E-state index in [0.717, 1.165) is 0 Å². The number of benzene rings is 1. The van der Waals surface area contributed by atoms with Gasteiger partial charge in [-0.05, 0) is 18.2 Å². The van der Waals surface area contributed by atoms with Gasteiger partial charge in [0.25, 0.3) is 0 Å². The van der Waals surface area contributed by atoms with E-state index < -0.39 is 23.9 Å². The molecule has 0 unspecified atom stereocenters. The summed E-state index contributed by atoms with van der Waals surface area (Å²) in [6.07, 6.45) is -5.00. The summed E-state index contributed by atoms with van der Waals surface area (Å²) in [4.78, 5) is 25.9. The number of aromatic nitrogens is 2. The molecule has 3 N–H and O–H groups in total. The second-order valence-corrected chi connectivity index (χ2v) is 4.51. The Balaban J connectivity index is 1.91. The van der Waals surface area contributed by atoms with Crippen molar-refractivity contribution in [1.29, 1.82) is 0 Å². The first-order chi connectivity index (χ1) is 10.8. The molecule has 122 valence electrons. The van der Waals surface area contributed by atoms with Gasteiger partial charge in [0.15, 0.2) is 5.82 Å². The summed E-state index contributed by atoms with van der Waals surface area (Å²) in [7, 11) is 0. The van der Waals surface area contributed by atoms with E-state index in [4.69, 9.17) is 5.73 Å². The molecule has 2 rings (SSSR count). The molecule has 1 aromatic carbocycles. The van der Waals surface area contributed by atoms with Crippen LogP contribution in [0.5, 0.6) is 0 Å². The number of nitrogens with zero attached hydrogens (tertiary/aromatic N) is 2. The molecule has 1 aromatic heterocycles. The maximum absolute atomic E-state index is 12.3. The Labute approximate surface area is 127 Å². The van der Waals surface area contributed by atoms with E-state index in [1.807, 2.05) is 0 Å². The van der Waals surface area contributed by atoms with E-state index in [1.165, 1.54) is 18.2 Å². The standard InChI is InChI=1S/C13H11F3N4O3/c14-13(15,16)12-19-9(20-23-12)4-5-10(21)18-8-3-1-2-7(6-8)11(17)22/h1-3,6H,4-5H2,(H2,17,22)(H,18,21). The molecule has 2 amide bonds. The number of hydrogen-bond acceptors (Lipinski definition) is 5. The Morgan fingerprint density at radius 2 is 2.04 bits per heavy atom. The minimum absolute atomic E-state index is 0.124. The Morgan fingerprint density at radius 1 is 1.30 bits per heavy atom. The highest BCUT2D eigenvalue weighted by molar-refractivity contribution is 5.96. The summed E-state index contributed by atoms with van der Waals surface area (Å²) in [6.45, 7) is 0. The van der Waals surface area contributed by atoms with Gasteiger partial charge in [0.1, 0.15) is 0 Å². The highest BCUT2D eigenvalue weighted by atomic mass is 19.4. The van der Waals surface area contributed by atoms with Crippen molar-refractivity contribution in [3.63, 3.8) is 0 Å². The molecule has 2 aromatic rings. The molecule has 1 heterocycles. The summed E-state index contributed by atoms with van der Waals surface area (Å²) < 4.78 is 40.9. The fourth-order valence-electron chi connectivity index (χ4n) is 1.67. The van der Waals surface area contributed by atoms with E-state index in [1.54, 1.807) is 6.07 Å². The number of hydrogen-bond donors (Lipinski definition) is 2. The second-order valence-electron chi connectivity index (χ2n) is 4.51. The number of carbonyl (C=O) groups is 2. The molecule has 0 saturated heterocycles. The van der Waals surface area contributed by atoms with Crippen molar-refractivity contribution in [3.8, 4) is 0 Å². The van der Waals surface area contributed by atoms with Crippen molar-refractivity contribution in [1.82, 2.24) is 10.1 Å². The molecule has 0 saturated carbocycles. The minimum Gasteiger partial charge on any atom is -0.366 e. The Morgan fingerprint density at radius 3 is 2.65 bits per heavy atom. The van der Waals surface area contributed by atoms with Crippen molar-refractivity contribution in [2.45, 2.75) is 19.0 Å². The topological polar surface area (TPSA) is 111 Å². The Hall–Kier alpha value is -2.91. The third-order valence-corrected chi connectivity index (χ3v) is 2.72. The van der Waals surface area contributed by atoms with Crippen molar-refractivity contribution >= 4 is 17.5 Å². The predicted molar refractivity (Wildman–Crippen MR) is 71.2 cm³/mol. The molecule has 0 aliphatic rings. The molecule has 7 nitrogen and oxygen atoms in total. The summed E-state index contributed by atoms with van der Waals surface area (Å²) in [5.74, 6) is -2.81. The van der Waals surface area contributed by atoms with Crippen LogP contribution in [0.3, 0.4) is 0 Å². The predicted octanol–water partition coefficient (Wildman–Crippen LogP) is 1.76. The summed E-state index contributed by atoms with van der Waals surface area (Å²) >= 11 is 0. The molecule has 0 radical (unpaired) electrons. The monoisotopic (exact) mass is 328 g/mol. The van der Waals surface area contributed by atoms with Crippen LogP contribution in [0, 0.1) is 0 Å². The first-order valence-electron chi connectivity index (χ1n) is 6.35. The molecule has 0 bridgehead atoms. The van der Waals surface area contributed by atoms with Crippen molar-refractivity contribution in [2.75, 3.05) is 5.32 Å². The number of rotatable bonds is 5. The van der Waals surface area contributed by atoms with Crippen molar-refractivity contribution < 1.29 is 27.3 Å². The van der Waals surface area contributed by atoms with E-state index in [9.17, 15) is 22.8 Å². The van der Waals surface area contributed by atoms with Gasteiger partial charge in [-0.15, -0.1) is 0 Å². The molecule has 23 heavy (non-hydrogen) atoms. The minimum atomic E-state index is -4.72. The lowest BCUT2D eigenvalue weighted by molar-refractivity contribution is -0.159. The number of carbonyl (C=O) groups excluding carboxylic acids is 2. The fraction of sp³-hybridized carbons (Fsp3) is 0.231. The Kier molecular flexibility index (Phi) is 4.63. The SMILES string of the molecule is NC(=O)c1cccc(NC(=O)CCc2noc(C(F)(F)F)n2)c1. The van der Waals surface area contributed by atoms with E-state index in [2.05, 4.69) is 20.0 Å². The van der Waals surface area contributed by atoms with Crippen LogP contribution in [0.2, 0.25) is 0 Å². The zero-order valence-corrected chi connectivity index (χ0v) is 11.6. The van der Waals surface area contributed by atoms with Gasteiger partial charge in [-0.25, -0.2) is 0 Å². The van der Waals surface area contributed by atoms with Crippen LogP contribution >= 0.6 is 0 Å². The molecule has 10 heteroatoms. The fourth-order valence-corrected chi connectivity index (χ4v) is 1.67.